The van der Waals surface area contributed by atoms with E-state index < -0.39 is 0 Å². The van der Waals surface area contributed by atoms with Gasteiger partial charge < -0.3 is 10.1 Å². The van der Waals surface area contributed by atoms with Gasteiger partial charge in [-0.15, -0.1) is 0 Å². The molecule has 1 atom stereocenters. The van der Waals surface area contributed by atoms with Gasteiger partial charge in [0.15, 0.2) is 0 Å². The molecule has 0 amide bonds. The summed E-state index contributed by atoms with van der Waals surface area (Å²) >= 11 is 5.92. The van der Waals surface area contributed by atoms with E-state index in [-0.39, 0.29) is 11.9 Å². The van der Waals surface area contributed by atoms with E-state index in [4.69, 9.17) is 16.3 Å². The number of nitrogens with one attached hydrogen (secondary N) is 1. The lowest BCUT2D eigenvalue weighted by Gasteiger charge is -2.21. The van der Waals surface area contributed by atoms with Crippen molar-refractivity contribution in [2.24, 2.45) is 0 Å². The third-order valence-corrected chi connectivity index (χ3v) is 3.42. The van der Waals surface area contributed by atoms with E-state index in [9.17, 15) is 4.39 Å². The van der Waals surface area contributed by atoms with Crippen LogP contribution in [0.3, 0.4) is 0 Å². The second-order valence-electron chi connectivity index (χ2n) is 4.47. The fourth-order valence-electron chi connectivity index (χ4n) is 2.15. The van der Waals surface area contributed by atoms with Crippen molar-refractivity contribution in [3.8, 4) is 5.75 Å². The van der Waals surface area contributed by atoms with Crippen LogP contribution in [0.2, 0.25) is 5.02 Å². The smallest absolute Gasteiger partial charge is 0.146 e. The maximum atomic E-state index is 13.8. The number of methoxy groups -OCH3 is 1. The molecule has 2 nitrogen and oxygen atoms in total. The van der Waals surface area contributed by atoms with Crippen LogP contribution in [0, 0.1) is 5.82 Å². The van der Waals surface area contributed by atoms with E-state index in [1.807, 2.05) is 31.2 Å². The third kappa shape index (κ3) is 3.23. The molecule has 2 rings (SSSR count). The number of anilines is 1. The van der Waals surface area contributed by atoms with E-state index in [1.54, 1.807) is 13.2 Å². The number of halogens is 2. The second-order valence-corrected chi connectivity index (χ2v) is 4.91. The molecule has 2 aromatic rings. The Morgan fingerprint density at radius 2 is 2.00 bits per heavy atom. The summed E-state index contributed by atoms with van der Waals surface area (Å²) in [5, 5.41) is 3.69. The van der Waals surface area contributed by atoms with Crippen molar-refractivity contribution in [2.45, 2.75) is 19.4 Å². The summed E-state index contributed by atoms with van der Waals surface area (Å²) in [4.78, 5) is 0. The van der Waals surface area contributed by atoms with Gasteiger partial charge in [0.25, 0.3) is 0 Å². The third-order valence-electron chi connectivity index (χ3n) is 3.18. The van der Waals surface area contributed by atoms with Gasteiger partial charge in [0.05, 0.1) is 18.8 Å². The van der Waals surface area contributed by atoms with Gasteiger partial charge in [-0.25, -0.2) is 4.39 Å². The van der Waals surface area contributed by atoms with Gasteiger partial charge in [-0.1, -0.05) is 36.7 Å². The maximum Gasteiger partial charge on any atom is 0.146 e. The topological polar surface area (TPSA) is 21.3 Å². The summed E-state index contributed by atoms with van der Waals surface area (Å²) in [6, 6.07) is 12.2. The van der Waals surface area contributed by atoms with Crippen LogP contribution in [0.5, 0.6) is 5.75 Å². The molecular formula is C16H17ClFNO. The molecule has 0 aliphatic rings. The quantitative estimate of drug-likeness (QED) is 0.833. The lowest BCUT2D eigenvalue weighted by molar-refractivity contribution is 0.406. The lowest BCUT2D eigenvalue weighted by Crippen LogP contribution is -2.12. The molecule has 1 N–H and O–H groups in total. The van der Waals surface area contributed by atoms with Crippen molar-refractivity contribution in [1.82, 2.24) is 0 Å². The summed E-state index contributed by atoms with van der Waals surface area (Å²) < 4.78 is 19.2. The van der Waals surface area contributed by atoms with Crippen LogP contribution in [0.15, 0.2) is 42.5 Å². The van der Waals surface area contributed by atoms with Crippen LogP contribution in [-0.2, 0) is 0 Å². The number of para-hydroxylation sites is 1. The molecule has 0 radical (unpaired) electrons. The van der Waals surface area contributed by atoms with Gasteiger partial charge in [-0.05, 0) is 30.7 Å². The molecule has 0 bridgehead atoms. The largest absolute Gasteiger partial charge is 0.496 e. The molecule has 2 aromatic carbocycles. The molecule has 0 aromatic heterocycles. The number of hydrogen-bond donors (Lipinski definition) is 1. The fraction of sp³-hybridized carbons (Fsp3) is 0.250. The molecule has 0 heterocycles. The average Bonchev–Trinajstić information content (AvgIpc) is 2.48. The van der Waals surface area contributed by atoms with Crippen LogP contribution in [0.1, 0.15) is 24.9 Å². The molecule has 0 aliphatic carbocycles. The van der Waals surface area contributed by atoms with Crippen molar-refractivity contribution in [3.05, 3.63) is 58.9 Å². The molecule has 20 heavy (non-hydrogen) atoms. The molecule has 0 saturated heterocycles. The molecular weight excluding hydrogens is 277 g/mol. The number of ether oxygens (including phenoxy) is 1. The Balaban J connectivity index is 2.31. The average molecular weight is 294 g/mol. The van der Waals surface area contributed by atoms with Crippen LogP contribution in [0.25, 0.3) is 0 Å². The Morgan fingerprint density at radius 3 is 2.70 bits per heavy atom. The summed E-state index contributed by atoms with van der Waals surface area (Å²) in [6.07, 6.45) is 0.798. The van der Waals surface area contributed by atoms with Crippen molar-refractivity contribution < 1.29 is 9.13 Å². The fourth-order valence-corrected chi connectivity index (χ4v) is 2.32. The minimum absolute atomic E-state index is 0.0425. The molecule has 4 heteroatoms. The van der Waals surface area contributed by atoms with Crippen LogP contribution in [0.4, 0.5) is 10.1 Å². The monoisotopic (exact) mass is 293 g/mol. The first kappa shape index (κ1) is 14.7. The van der Waals surface area contributed by atoms with Gasteiger partial charge in [-0.2, -0.15) is 0 Å². The summed E-state index contributed by atoms with van der Waals surface area (Å²) in [6.45, 7) is 2.03. The van der Waals surface area contributed by atoms with Crippen molar-refractivity contribution in [1.29, 1.82) is 0 Å². The van der Waals surface area contributed by atoms with Crippen molar-refractivity contribution >= 4 is 17.3 Å². The van der Waals surface area contributed by atoms with Crippen molar-refractivity contribution in [2.75, 3.05) is 12.4 Å². The van der Waals surface area contributed by atoms with Gasteiger partial charge in [0.1, 0.15) is 11.6 Å². The van der Waals surface area contributed by atoms with Crippen LogP contribution < -0.4 is 10.1 Å². The lowest BCUT2D eigenvalue weighted by atomic mass is 10.0. The van der Waals surface area contributed by atoms with Crippen molar-refractivity contribution in [3.63, 3.8) is 0 Å². The highest BCUT2D eigenvalue weighted by molar-refractivity contribution is 6.30. The predicted molar refractivity (Wildman–Crippen MR) is 81.1 cm³/mol. The minimum atomic E-state index is -0.317. The number of rotatable bonds is 5. The highest BCUT2D eigenvalue weighted by atomic mass is 35.5. The molecule has 0 saturated carbocycles. The van der Waals surface area contributed by atoms with E-state index in [1.165, 1.54) is 12.1 Å². The predicted octanol–water partition coefficient (Wildman–Crippen LogP) is 5.05. The van der Waals surface area contributed by atoms with Crippen LogP contribution >= 0.6 is 11.6 Å². The van der Waals surface area contributed by atoms with E-state index in [0.717, 1.165) is 17.7 Å². The van der Waals surface area contributed by atoms with E-state index in [0.29, 0.717) is 10.7 Å². The highest BCUT2D eigenvalue weighted by Gasteiger charge is 2.15. The number of benzene rings is 2. The summed E-state index contributed by atoms with van der Waals surface area (Å²) in [5.74, 6) is 0.469. The second kappa shape index (κ2) is 6.62. The summed E-state index contributed by atoms with van der Waals surface area (Å²) in [5.41, 5.74) is 1.40. The maximum absolute atomic E-state index is 13.8. The Kier molecular flexibility index (Phi) is 4.85. The first-order valence-electron chi connectivity index (χ1n) is 6.50. The van der Waals surface area contributed by atoms with E-state index in [2.05, 4.69) is 5.32 Å². The molecule has 1 unspecified atom stereocenters. The van der Waals surface area contributed by atoms with Gasteiger partial charge in [-0.3, -0.25) is 0 Å². The molecule has 0 fully saturated rings. The van der Waals surface area contributed by atoms with Gasteiger partial charge in [0, 0.05) is 10.6 Å². The highest BCUT2D eigenvalue weighted by Crippen LogP contribution is 2.31. The van der Waals surface area contributed by atoms with Gasteiger partial charge in [0.2, 0.25) is 0 Å². The molecule has 0 spiro atoms. The molecule has 106 valence electrons. The Bertz CT molecular complexity index is 588. The SMILES string of the molecule is CCC(Nc1cc(Cl)ccc1F)c1ccccc1OC. The zero-order chi connectivity index (χ0) is 14.5. The van der Waals surface area contributed by atoms with Gasteiger partial charge >= 0.3 is 0 Å². The normalized spacial score (nSPS) is 12.0. The van der Waals surface area contributed by atoms with E-state index >= 15 is 0 Å². The zero-order valence-corrected chi connectivity index (χ0v) is 12.2. The zero-order valence-electron chi connectivity index (χ0n) is 11.5. The molecule has 0 aliphatic heterocycles. The first-order valence-corrected chi connectivity index (χ1v) is 6.88. The Labute approximate surface area is 123 Å². The Morgan fingerprint density at radius 1 is 1.25 bits per heavy atom. The summed E-state index contributed by atoms with van der Waals surface area (Å²) in [7, 11) is 1.63. The Hall–Kier alpha value is -1.74. The van der Waals surface area contributed by atoms with Crippen LogP contribution in [-0.4, -0.2) is 7.11 Å². The first-order chi connectivity index (χ1) is 9.65. The number of hydrogen-bond acceptors (Lipinski definition) is 2. The standard InChI is InChI=1S/C16H17ClFNO/c1-3-14(12-6-4-5-7-16(12)20-2)19-15-10-11(17)8-9-13(15)18/h4-10,14,19H,3H2,1-2H3. The minimum Gasteiger partial charge on any atom is -0.496 e.